The molecule has 0 heterocycles. The van der Waals surface area contributed by atoms with Crippen LogP contribution in [0.2, 0.25) is 0 Å². The Labute approximate surface area is 127 Å². The minimum atomic E-state index is 0. The third kappa shape index (κ3) is 7.53. The van der Waals surface area contributed by atoms with Gasteiger partial charge in [0, 0.05) is 20.1 Å². The Hall–Kier alpha value is -0.780. The van der Waals surface area contributed by atoms with Gasteiger partial charge in [-0.15, -0.1) is 24.0 Å². The monoisotopic (exact) mass is 361 g/mol. The predicted octanol–water partition coefficient (Wildman–Crippen LogP) is 3.02. The van der Waals surface area contributed by atoms with E-state index in [1.165, 1.54) is 5.56 Å². The number of guanidine groups is 1. The van der Waals surface area contributed by atoms with Crippen molar-refractivity contribution in [3.63, 3.8) is 0 Å². The van der Waals surface area contributed by atoms with Gasteiger partial charge in [0.2, 0.25) is 0 Å². The lowest BCUT2D eigenvalue weighted by atomic mass is 10.1. The molecule has 3 nitrogen and oxygen atoms in total. The van der Waals surface area contributed by atoms with E-state index < -0.39 is 0 Å². The van der Waals surface area contributed by atoms with Crippen molar-refractivity contribution >= 4 is 29.9 Å². The van der Waals surface area contributed by atoms with Gasteiger partial charge < -0.3 is 10.6 Å². The summed E-state index contributed by atoms with van der Waals surface area (Å²) < 4.78 is 0. The van der Waals surface area contributed by atoms with Crippen LogP contribution in [0.1, 0.15) is 25.8 Å². The molecule has 0 aliphatic heterocycles. The molecule has 102 valence electrons. The molecule has 0 aromatic heterocycles. The fourth-order valence-electron chi connectivity index (χ4n) is 1.48. The van der Waals surface area contributed by atoms with Crippen LogP contribution in [0.4, 0.5) is 0 Å². The number of hydrogen-bond acceptors (Lipinski definition) is 1. The lowest BCUT2D eigenvalue weighted by Gasteiger charge is -2.12. The third-order valence-corrected chi connectivity index (χ3v) is 2.54. The van der Waals surface area contributed by atoms with E-state index >= 15 is 0 Å². The zero-order chi connectivity index (χ0) is 12.5. The number of hydrogen-bond donors (Lipinski definition) is 2. The fourth-order valence-corrected chi connectivity index (χ4v) is 1.48. The zero-order valence-electron chi connectivity index (χ0n) is 11.4. The van der Waals surface area contributed by atoms with Crippen molar-refractivity contribution in [2.24, 2.45) is 10.9 Å². The topological polar surface area (TPSA) is 36.4 Å². The molecule has 0 aliphatic carbocycles. The lowest BCUT2D eigenvalue weighted by Crippen LogP contribution is -2.37. The van der Waals surface area contributed by atoms with E-state index in [2.05, 4.69) is 41.6 Å². The molecule has 4 heteroatoms. The highest BCUT2D eigenvalue weighted by Crippen LogP contribution is 1.98. The Balaban J connectivity index is 0.00000289. The molecule has 0 aliphatic rings. The van der Waals surface area contributed by atoms with Crippen molar-refractivity contribution in [2.45, 2.75) is 26.8 Å². The highest BCUT2D eigenvalue weighted by Gasteiger charge is 1.98. The molecule has 0 bridgehead atoms. The second-order valence-electron chi connectivity index (χ2n) is 4.52. The molecule has 18 heavy (non-hydrogen) atoms. The molecule has 0 amide bonds. The summed E-state index contributed by atoms with van der Waals surface area (Å²) in [7, 11) is 1.80. The molecule has 0 atom stereocenters. The van der Waals surface area contributed by atoms with Crippen LogP contribution in [0.5, 0.6) is 0 Å². The number of nitrogens with zero attached hydrogens (tertiary/aromatic N) is 1. The number of aliphatic imine (C=N–C) groups is 1. The van der Waals surface area contributed by atoms with E-state index in [1.807, 2.05) is 18.2 Å². The third-order valence-electron chi connectivity index (χ3n) is 2.54. The van der Waals surface area contributed by atoms with Crippen LogP contribution in [0.3, 0.4) is 0 Å². The van der Waals surface area contributed by atoms with Crippen molar-refractivity contribution in [1.29, 1.82) is 0 Å². The van der Waals surface area contributed by atoms with Crippen LogP contribution in [0.25, 0.3) is 0 Å². The van der Waals surface area contributed by atoms with Crippen molar-refractivity contribution in [1.82, 2.24) is 10.6 Å². The smallest absolute Gasteiger partial charge is 0.191 e. The first kappa shape index (κ1) is 17.2. The zero-order valence-corrected chi connectivity index (χ0v) is 13.8. The Morgan fingerprint density at radius 1 is 1.17 bits per heavy atom. The number of benzene rings is 1. The SMILES string of the molecule is CN=C(NCCC(C)C)NCc1ccccc1.I. The van der Waals surface area contributed by atoms with Gasteiger partial charge in [-0.05, 0) is 17.9 Å². The van der Waals surface area contributed by atoms with Crippen LogP contribution in [0, 0.1) is 5.92 Å². The number of halogens is 1. The first-order valence-corrected chi connectivity index (χ1v) is 6.21. The van der Waals surface area contributed by atoms with E-state index in [1.54, 1.807) is 7.05 Å². The van der Waals surface area contributed by atoms with Crippen LogP contribution >= 0.6 is 24.0 Å². The van der Waals surface area contributed by atoms with Gasteiger partial charge in [-0.25, -0.2) is 0 Å². The highest BCUT2D eigenvalue weighted by atomic mass is 127. The van der Waals surface area contributed by atoms with Crippen LogP contribution < -0.4 is 10.6 Å². The van der Waals surface area contributed by atoms with Gasteiger partial charge in [0.15, 0.2) is 5.96 Å². The summed E-state index contributed by atoms with van der Waals surface area (Å²) >= 11 is 0. The molecule has 1 aromatic carbocycles. The molecular formula is C14H24IN3. The summed E-state index contributed by atoms with van der Waals surface area (Å²) in [5, 5.41) is 6.61. The summed E-state index contributed by atoms with van der Waals surface area (Å²) in [5.74, 6) is 1.59. The maximum Gasteiger partial charge on any atom is 0.191 e. The van der Waals surface area contributed by atoms with Crippen molar-refractivity contribution in [2.75, 3.05) is 13.6 Å². The summed E-state index contributed by atoms with van der Waals surface area (Å²) in [6.45, 7) is 6.22. The van der Waals surface area contributed by atoms with Crippen LogP contribution in [0.15, 0.2) is 35.3 Å². The van der Waals surface area contributed by atoms with E-state index in [4.69, 9.17) is 0 Å². The number of nitrogens with one attached hydrogen (secondary N) is 2. The average molecular weight is 361 g/mol. The molecule has 0 saturated carbocycles. The average Bonchev–Trinajstić information content (AvgIpc) is 2.34. The standard InChI is InChI=1S/C14H23N3.HI/c1-12(2)9-10-16-14(15-3)17-11-13-7-5-4-6-8-13;/h4-8,12H,9-11H2,1-3H3,(H2,15,16,17);1H. The summed E-state index contributed by atoms with van der Waals surface area (Å²) in [4.78, 5) is 4.19. The maximum absolute atomic E-state index is 4.19. The Morgan fingerprint density at radius 3 is 2.39 bits per heavy atom. The molecule has 0 fully saturated rings. The van der Waals surface area contributed by atoms with Gasteiger partial charge in [0.05, 0.1) is 0 Å². The van der Waals surface area contributed by atoms with E-state index in [9.17, 15) is 0 Å². The molecule has 0 saturated heterocycles. The van der Waals surface area contributed by atoms with Crippen molar-refractivity contribution in [3.05, 3.63) is 35.9 Å². The van der Waals surface area contributed by atoms with E-state index in [0.29, 0.717) is 0 Å². The Morgan fingerprint density at radius 2 is 1.83 bits per heavy atom. The van der Waals surface area contributed by atoms with Crippen LogP contribution in [-0.2, 0) is 6.54 Å². The summed E-state index contributed by atoms with van der Waals surface area (Å²) in [6, 6.07) is 10.3. The van der Waals surface area contributed by atoms with Crippen molar-refractivity contribution in [3.8, 4) is 0 Å². The largest absolute Gasteiger partial charge is 0.356 e. The maximum atomic E-state index is 4.19. The van der Waals surface area contributed by atoms with Gasteiger partial charge >= 0.3 is 0 Å². The van der Waals surface area contributed by atoms with Gasteiger partial charge in [0.1, 0.15) is 0 Å². The van der Waals surface area contributed by atoms with Gasteiger partial charge in [-0.1, -0.05) is 44.2 Å². The Kier molecular flexibility index (Phi) is 9.73. The van der Waals surface area contributed by atoms with Gasteiger partial charge in [-0.2, -0.15) is 0 Å². The molecular weight excluding hydrogens is 337 g/mol. The van der Waals surface area contributed by atoms with E-state index in [-0.39, 0.29) is 24.0 Å². The lowest BCUT2D eigenvalue weighted by molar-refractivity contribution is 0.573. The Bertz CT molecular complexity index is 336. The van der Waals surface area contributed by atoms with Gasteiger partial charge in [0.25, 0.3) is 0 Å². The first-order valence-electron chi connectivity index (χ1n) is 6.21. The first-order chi connectivity index (χ1) is 8.22. The number of rotatable bonds is 5. The second-order valence-corrected chi connectivity index (χ2v) is 4.52. The van der Waals surface area contributed by atoms with Gasteiger partial charge in [-0.3, -0.25) is 4.99 Å². The molecule has 0 radical (unpaired) electrons. The normalized spacial score (nSPS) is 11.0. The minimum Gasteiger partial charge on any atom is -0.356 e. The minimum absolute atomic E-state index is 0. The summed E-state index contributed by atoms with van der Waals surface area (Å²) in [5.41, 5.74) is 1.26. The molecule has 1 rings (SSSR count). The molecule has 1 aromatic rings. The molecule has 2 N–H and O–H groups in total. The molecule has 0 spiro atoms. The predicted molar refractivity (Wildman–Crippen MR) is 89.5 cm³/mol. The second kappa shape index (κ2) is 10.2. The fraction of sp³-hybridized carbons (Fsp3) is 0.500. The van der Waals surface area contributed by atoms with Crippen molar-refractivity contribution < 1.29 is 0 Å². The van der Waals surface area contributed by atoms with E-state index in [0.717, 1.165) is 31.4 Å². The van der Waals surface area contributed by atoms with Crippen LogP contribution in [-0.4, -0.2) is 19.6 Å². The summed E-state index contributed by atoms with van der Waals surface area (Å²) in [6.07, 6.45) is 1.16. The quantitative estimate of drug-likeness (QED) is 0.481. The highest BCUT2D eigenvalue weighted by molar-refractivity contribution is 14.0. The molecule has 0 unspecified atom stereocenters.